The Labute approximate surface area is 177 Å². The van der Waals surface area contributed by atoms with Crippen LogP contribution in [0.25, 0.3) is 11.3 Å². The lowest BCUT2D eigenvalue weighted by atomic mass is 9.53. The van der Waals surface area contributed by atoms with Crippen molar-refractivity contribution in [2.45, 2.75) is 102 Å². The monoisotopic (exact) mass is 388 g/mol. The van der Waals surface area contributed by atoms with Gasteiger partial charge >= 0.3 is 0 Å². The molecule has 0 bridgehead atoms. The van der Waals surface area contributed by atoms with Gasteiger partial charge in [0, 0.05) is 22.1 Å². The zero-order chi connectivity index (χ0) is 21.0. The van der Waals surface area contributed by atoms with E-state index >= 15 is 0 Å². The molecule has 2 atom stereocenters. The Morgan fingerprint density at radius 2 is 1.34 bits per heavy atom. The molecule has 3 aliphatic carbocycles. The minimum absolute atomic E-state index is 0.213. The molecule has 5 rings (SSSR count). The molecule has 1 aromatic carbocycles. The molecule has 0 saturated carbocycles. The molecule has 0 fully saturated rings. The lowest BCUT2D eigenvalue weighted by molar-refractivity contribution is -0.672. The van der Waals surface area contributed by atoms with Gasteiger partial charge in [0.05, 0.1) is 5.41 Å². The Balaban J connectivity index is 2.03. The van der Waals surface area contributed by atoms with Gasteiger partial charge in [0.25, 0.3) is 0 Å². The van der Waals surface area contributed by atoms with Crippen LogP contribution in [0.1, 0.15) is 102 Å². The van der Waals surface area contributed by atoms with E-state index in [0.717, 1.165) is 0 Å². The first-order chi connectivity index (χ1) is 13.4. The third-order valence-electron chi connectivity index (χ3n) is 8.93. The number of aromatic nitrogens is 1. The fraction of sp³-hybridized carbons (Fsp3) is 0.607. The first-order valence-corrected chi connectivity index (χ1v) is 11.6. The van der Waals surface area contributed by atoms with Crippen molar-refractivity contribution in [2.75, 3.05) is 0 Å². The van der Waals surface area contributed by atoms with Gasteiger partial charge in [0.1, 0.15) is 7.05 Å². The Kier molecular flexibility index (Phi) is 3.69. The second-order valence-corrected chi connectivity index (χ2v) is 12.3. The lowest BCUT2D eigenvalue weighted by Crippen LogP contribution is -2.50. The highest BCUT2D eigenvalue weighted by Crippen LogP contribution is 2.63. The molecule has 1 heterocycles. The van der Waals surface area contributed by atoms with Gasteiger partial charge in [0.15, 0.2) is 5.69 Å². The summed E-state index contributed by atoms with van der Waals surface area (Å²) >= 11 is 0. The normalized spacial score (nSPS) is 30.9. The number of hydrogen-bond acceptors (Lipinski definition) is 0. The summed E-state index contributed by atoms with van der Waals surface area (Å²) in [6.45, 7) is 17.4. The minimum Gasteiger partial charge on any atom is -0.197 e. The summed E-state index contributed by atoms with van der Waals surface area (Å²) in [6.07, 6.45) is 6.58. The number of benzene rings is 1. The second kappa shape index (κ2) is 5.54. The predicted molar refractivity (Wildman–Crippen MR) is 122 cm³/mol. The molecule has 2 unspecified atom stereocenters. The molecule has 2 aromatic rings. The first kappa shape index (κ1) is 19.3. The highest BCUT2D eigenvalue weighted by atomic mass is 15.0. The molecular weight excluding hydrogens is 350 g/mol. The van der Waals surface area contributed by atoms with Crippen molar-refractivity contribution in [1.29, 1.82) is 0 Å². The molecule has 0 spiro atoms. The van der Waals surface area contributed by atoms with Crippen LogP contribution in [0.15, 0.2) is 24.3 Å². The van der Waals surface area contributed by atoms with E-state index in [2.05, 4.69) is 84.3 Å². The second-order valence-electron chi connectivity index (χ2n) is 12.3. The van der Waals surface area contributed by atoms with E-state index in [4.69, 9.17) is 0 Å². The van der Waals surface area contributed by atoms with Crippen molar-refractivity contribution in [3.05, 3.63) is 52.2 Å². The lowest BCUT2D eigenvalue weighted by Gasteiger charge is -2.50. The van der Waals surface area contributed by atoms with E-state index in [1.807, 2.05) is 0 Å². The summed E-state index contributed by atoms with van der Waals surface area (Å²) in [5.41, 5.74) is 12.2. The number of hydrogen-bond donors (Lipinski definition) is 0. The van der Waals surface area contributed by atoms with Gasteiger partial charge in [0.2, 0.25) is 5.69 Å². The van der Waals surface area contributed by atoms with Crippen molar-refractivity contribution < 1.29 is 4.57 Å². The minimum atomic E-state index is 0.213. The highest BCUT2D eigenvalue weighted by molar-refractivity contribution is 5.71. The largest absolute Gasteiger partial charge is 0.216 e. The Morgan fingerprint density at radius 3 is 2.03 bits per heavy atom. The zero-order valence-electron chi connectivity index (χ0n) is 19.8. The van der Waals surface area contributed by atoms with Crippen LogP contribution in [-0.4, -0.2) is 0 Å². The smallest absolute Gasteiger partial charge is 0.197 e. The van der Waals surface area contributed by atoms with Crippen LogP contribution in [0, 0.1) is 6.92 Å². The Morgan fingerprint density at radius 1 is 0.724 bits per heavy atom. The van der Waals surface area contributed by atoms with Crippen LogP contribution in [0.4, 0.5) is 0 Å². The molecule has 0 aliphatic heterocycles. The van der Waals surface area contributed by atoms with Gasteiger partial charge < -0.3 is 0 Å². The fourth-order valence-corrected chi connectivity index (χ4v) is 7.61. The van der Waals surface area contributed by atoms with Crippen LogP contribution >= 0.6 is 0 Å². The molecule has 29 heavy (non-hydrogen) atoms. The third-order valence-corrected chi connectivity index (χ3v) is 8.93. The first-order valence-electron chi connectivity index (χ1n) is 11.6. The van der Waals surface area contributed by atoms with Gasteiger partial charge in [-0.2, -0.15) is 4.57 Å². The van der Waals surface area contributed by atoms with Crippen LogP contribution in [0.3, 0.4) is 0 Å². The zero-order valence-corrected chi connectivity index (χ0v) is 19.8. The number of rotatable bonds is 1. The van der Waals surface area contributed by atoms with Crippen LogP contribution < -0.4 is 4.57 Å². The highest BCUT2D eigenvalue weighted by Gasteiger charge is 2.60. The molecule has 154 valence electrons. The predicted octanol–water partition coefficient (Wildman–Crippen LogP) is 6.55. The molecule has 3 aliphatic rings. The van der Waals surface area contributed by atoms with Crippen molar-refractivity contribution in [2.24, 2.45) is 7.05 Å². The average Bonchev–Trinajstić information content (AvgIpc) is 2.85. The standard InChI is InChI=1S/C28H38N/c1-18-11-9-10-12-19(18)23-21-20-22-24(29(23)8)26(4,5)17-28(22,7)16-15-27(20,6)14-13-25(21,2)3/h9-12H,13-17H2,1-8H3/q+1. The van der Waals surface area contributed by atoms with Crippen LogP contribution in [0.5, 0.6) is 0 Å². The van der Waals surface area contributed by atoms with E-state index in [-0.39, 0.29) is 10.8 Å². The van der Waals surface area contributed by atoms with Gasteiger partial charge in [-0.05, 0) is 80.9 Å². The summed E-state index contributed by atoms with van der Waals surface area (Å²) in [6, 6.07) is 9.04. The van der Waals surface area contributed by atoms with Crippen molar-refractivity contribution in [3.8, 4) is 11.3 Å². The molecule has 0 saturated heterocycles. The van der Waals surface area contributed by atoms with E-state index < -0.39 is 0 Å². The Bertz CT molecular complexity index is 1040. The molecule has 1 nitrogen and oxygen atoms in total. The van der Waals surface area contributed by atoms with Gasteiger partial charge in [-0.15, -0.1) is 0 Å². The quantitative estimate of drug-likeness (QED) is 0.488. The number of nitrogens with zero attached hydrogens (tertiary/aromatic N) is 1. The van der Waals surface area contributed by atoms with Crippen LogP contribution in [-0.2, 0) is 28.7 Å². The summed E-state index contributed by atoms with van der Waals surface area (Å²) in [4.78, 5) is 0. The number of aryl methyl sites for hydroxylation is 1. The molecule has 1 aromatic heterocycles. The van der Waals surface area contributed by atoms with E-state index in [9.17, 15) is 0 Å². The maximum Gasteiger partial charge on any atom is 0.216 e. The van der Waals surface area contributed by atoms with Gasteiger partial charge in [-0.1, -0.05) is 45.9 Å². The molecular formula is C28H38N+. The van der Waals surface area contributed by atoms with E-state index in [1.165, 1.54) is 48.9 Å². The van der Waals surface area contributed by atoms with E-state index in [0.29, 0.717) is 10.8 Å². The summed E-state index contributed by atoms with van der Waals surface area (Å²) in [5, 5.41) is 0. The summed E-state index contributed by atoms with van der Waals surface area (Å²) < 4.78 is 2.63. The number of pyridine rings is 1. The Hall–Kier alpha value is -1.63. The van der Waals surface area contributed by atoms with E-state index in [1.54, 1.807) is 22.4 Å². The van der Waals surface area contributed by atoms with Crippen molar-refractivity contribution in [3.63, 3.8) is 0 Å². The summed E-state index contributed by atoms with van der Waals surface area (Å²) in [7, 11) is 2.36. The van der Waals surface area contributed by atoms with Crippen molar-refractivity contribution >= 4 is 0 Å². The maximum atomic E-state index is 2.63. The fourth-order valence-electron chi connectivity index (χ4n) is 7.61. The van der Waals surface area contributed by atoms with Gasteiger partial charge in [-0.3, -0.25) is 0 Å². The summed E-state index contributed by atoms with van der Waals surface area (Å²) in [5.74, 6) is 0. The molecule has 1 heteroatoms. The molecule has 0 amide bonds. The van der Waals surface area contributed by atoms with Crippen molar-refractivity contribution in [1.82, 2.24) is 0 Å². The molecule has 0 radical (unpaired) electrons. The van der Waals surface area contributed by atoms with Gasteiger partial charge in [-0.25, -0.2) is 0 Å². The molecule has 0 N–H and O–H groups in total. The maximum absolute atomic E-state index is 2.63. The topological polar surface area (TPSA) is 3.88 Å². The third kappa shape index (κ3) is 2.37. The SMILES string of the molecule is Cc1ccccc1-c1c2c3c4c([n+]1C)C(C)(C)CC4(C)CCC3(C)CCC2(C)C. The van der Waals surface area contributed by atoms with Crippen LogP contribution in [0.2, 0.25) is 0 Å². The average molecular weight is 389 g/mol.